The number of hydrogen-bond acceptors (Lipinski definition) is 2. The summed E-state index contributed by atoms with van der Waals surface area (Å²) in [5, 5.41) is 13.2. The Balaban J connectivity index is 1.97. The van der Waals surface area contributed by atoms with E-state index < -0.39 is 0 Å². The SMILES string of the molecule is N#CC(CCc1ccccc1)c1ccsc1. The average molecular weight is 227 g/mol. The Labute approximate surface area is 100.0 Å². The predicted molar refractivity (Wildman–Crippen MR) is 67.4 cm³/mol. The molecule has 0 amide bonds. The topological polar surface area (TPSA) is 23.8 Å². The van der Waals surface area contributed by atoms with Crippen molar-refractivity contribution in [3.05, 3.63) is 58.3 Å². The molecule has 1 unspecified atom stereocenters. The first-order valence-corrected chi connectivity index (χ1v) is 6.30. The van der Waals surface area contributed by atoms with Crippen molar-refractivity contribution in [2.45, 2.75) is 18.8 Å². The zero-order valence-corrected chi connectivity index (χ0v) is 9.78. The van der Waals surface area contributed by atoms with E-state index in [-0.39, 0.29) is 5.92 Å². The Morgan fingerprint density at radius 2 is 2.00 bits per heavy atom. The summed E-state index contributed by atoms with van der Waals surface area (Å²) in [5.74, 6) is 0.0338. The van der Waals surface area contributed by atoms with Crippen molar-refractivity contribution >= 4 is 11.3 Å². The molecule has 1 aromatic carbocycles. The number of thiophene rings is 1. The quantitative estimate of drug-likeness (QED) is 0.774. The normalized spacial score (nSPS) is 11.9. The molecule has 1 heterocycles. The van der Waals surface area contributed by atoms with E-state index >= 15 is 0 Å². The van der Waals surface area contributed by atoms with Crippen molar-refractivity contribution < 1.29 is 0 Å². The van der Waals surface area contributed by atoms with E-state index in [0.717, 1.165) is 18.4 Å². The highest BCUT2D eigenvalue weighted by Crippen LogP contribution is 2.23. The lowest BCUT2D eigenvalue weighted by molar-refractivity contribution is 0.749. The van der Waals surface area contributed by atoms with Crippen molar-refractivity contribution in [1.82, 2.24) is 0 Å². The van der Waals surface area contributed by atoms with Crippen molar-refractivity contribution in [3.63, 3.8) is 0 Å². The van der Waals surface area contributed by atoms with E-state index in [1.807, 2.05) is 29.6 Å². The third kappa shape index (κ3) is 2.71. The van der Waals surface area contributed by atoms with Crippen LogP contribution < -0.4 is 0 Å². The molecule has 0 bridgehead atoms. The first kappa shape index (κ1) is 10.9. The van der Waals surface area contributed by atoms with E-state index in [0.29, 0.717) is 0 Å². The molecule has 1 atom stereocenters. The van der Waals surface area contributed by atoms with Crippen LogP contribution in [0.5, 0.6) is 0 Å². The summed E-state index contributed by atoms with van der Waals surface area (Å²) < 4.78 is 0. The summed E-state index contributed by atoms with van der Waals surface area (Å²) in [6.07, 6.45) is 1.87. The third-order valence-corrected chi connectivity index (χ3v) is 3.37. The van der Waals surface area contributed by atoms with Gasteiger partial charge in [-0.05, 0) is 40.8 Å². The smallest absolute Gasteiger partial charge is 0.0723 e. The van der Waals surface area contributed by atoms with Crippen LogP contribution >= 0.6 is 11.3 Å². The summed E-state index contributed by atoms with van der Waals surface area (Å²) in [7, 11) is 0. The Morgan fingerprint density at radius 1 is 1.19 bits per heavy atom. The molecule has 0 saturated heterocycles. The van der Waals surface area contributed by atoms with Gasteiger partial charge in [0.15, 0.2) is 0 Å². The highest BCUT2D eigenvalue weighted by atomic mass is 32.1. The van der Waals surface area contributed by atoms with Gasteiger partial charge in [-0.2, -0.15) is 16.6 Å². The van der Waals surface area contributed by atoms with Crippen LogP contribution in [0.2, 0.25) is 0 Å². The van der Waals surface area contributed by atoms with E-state index in [1.54, 1.807) is 11.3 Å². The van der Waals surface area contributed by atoms with Gasteiger partial charge in [0.1, 0.15) is 0 Å². The largest absolute Gasteiger partial charge is 0.198 e. The fourth-order valence-electron chi connectivity index (χ4n) is 1.73. The first-order chi connectivity index (χ1) is 7.90. The Morgan fingerprint density at radius 3 is 2.62 bits per heavy atom. The van der Waals surface area contributed by atoms with Crippen molar-refractivity contribution in [3.8, 4) is 6.07 Å². The van der Waals surface area contributed by atoms with Crippen LogP contribution in [0, 0.1) is 11.3 Å². The Hall–Kier alpha value is -1.59. The molecule has 0 saturated carbocycles. The van der Waals surface area contributed by atoms with Gasteiger partial charge in [0.05, 0.1) is 12.0 Å². The van der Waals surface area contributed by atoms with Gasteiger partial charge in [0.2, 0.25) is 0 Å². The number of nitriles is 1. The maximum Gasteiger partial charge on any atom is 0.0723 e. The van der Waals surface area contributed by atoms with Crippen LogP contribution in [-0.4, -0.2) is 0 Å². The second-order valence-electron chi connectivity index (χ2n) is 3.76. The molecule has 1 aromatic heterocycles. The molecule has 0 fully saturated rings. The molecule has 0 aliphatic rings. The molecule has 80 valence electrons. The molecule has 2 aromatic rings. The lowest BCUT2D eigenvalue weighted by Gasteiger charge is -2.06. The van der Waals surface area contributed by atoms with E-state index in [1.165, 1.54) is 5.56 Å². The Kier molecular flexibility index (Phi) is 3.74. The molecule has 0 spiro atoms. The highest BCUT2D eigenvalue weighted by Gasteiger charge is 2.10. The molecule has 0 aliphatic heterocycles. The first-order valence-electron chi connectivity index (χ1n) is 5.36. The Bertz CT molecular complexity index is 453. The van der Waals surface area contributed by atoms with Crippen molar-refractivity contribution in [1.29, 1.82) is 5.26 Å². The fraction of sp³-hybridized carbons (Fsp3) is 0.214. The third-order valence-electron chi connectivity index (χ3n) is 2.67. The predicted octanol–water partition coefficient (Wildman–Crippen LogP) is 3.99. The molecular weight excluding hydrogens is 214 g/mol. The summed E-state index contributed by atoms with van der Waals surface area (Å²) >= 11 is 1.65. The summed E-state index contributed by atoms with van der Waals surface area (Å²) in [4.78, 5) is 0. The minimum absolute atomic E-state index is 0.0338. The fourth-order valence-corrected chi connectivity index (χ4v) is 2.45. The van der Waals surface area contributed by atoms with Gasteiger partial charge in [-0.15, -0.1) is 0 Å². The van der Waals surface area contributed by atoms with Crippen molar-refractivity contribution in [2.24, 2.45) is 0 Å². The molecule has 0 radical (unpaired) electrons. The van der Waals surface area contributed by atoms with Crippen LogP contribution in [0.1, 0.15) is 23.5 Å². The van der Waals surface area contributed by atoms with E-state index in [9.17, 15) is 0 Å². The van der Waals surface area contributed by atoms with Gasteiger partial charge < -0.3 is 0 Å². The second kappa shape index (κ2) is 5.48. The van der Waals surface area contributed by atoms with E-state index in [4.69, 9.17) is 5.26 Å². The minimum Gasteiger partial charge on any atom is -0.198 e. The van der Waals surface area contributed by atoms with Gasteiger partial charge in [-0.1, -0.05) is 30.3 Å². The van der Waals surface area contributed by atoms with Crippen LogP contribution in [-0.2, 0) is 6.42 Å². The summed E-state index contributed by atoms with van der Waals surface area (Å²) in [6.45, 7) is 0. The summed E-state index contributed by atoms with van der Waals surface area (Å²) in [6, 6.07) is 14.8. The molecule has 16 heavy (non-hydrogen) atoms. The standard InChI is InChI=1S/C14H13NS/c15-10-13(14-8-9-16-11-14)7-6-12-4-2-1-3-5-12/h1-5,8-9,11,13H,6-7H2. The van der Waals surface area contributed by atoms with Crippen LogP contribution in [0.15, 0.2) is 47.2 Å². The molecule has 2 rings (SSSR count). The second-order valence-corrected chi connectivity index (χ2v) is 4.54. The average Bonchev–Trinajstić information content (AvgIpc) is 2.85. The van der Waals surface area contributed by atoms with E-state index in [2.05, 4.69) is 23.6 Å². The maximum absolute atomic E-state index is 9.13. The van der Waals surface area contributed by atoms with Crippen LogP contribution in [0.4, 0.5) is 0 Å². The molecule has 0 N–H and O–H groups in total. The summed E-state index contributed by atoms with van der Waals surface area (Å²) in [5.41, 5.74) is 2.46. The molecular formula is C14H13NS. The van der Waals surface area contributed by atoms with Crippen LogP contribution in [0.25, 0.3) is 0 Å². The van der Waals surface area contributed by atoms with Crippen LogP contribution in [0.3, 0.4) is 0 Å². The highest BCUT2D eigenvalue weighted by molar-refractivity contribution is 7.08. The lowest BCUT2D eigenvalue weighted by Crippen LogP contribution is -1.96. The van der Waals surface area contributed by atoms with Gasteiger partial charge >= 0.3 is 0 Å². The van der Waals surface area contributed by atoms with Gasteiger partial charge in [-0.3, -0.25) is 0 Å². The number of aryl methyl sites for hydroxylation is 1. The monoisotopic (exact) mass is 227 g/mol. The minimum atomic E-state index is 0.0338. The molecule has 1 nitrogen and oxygen atoms in total. The molecule has 0 aliphatic carbocycles. The zero-order chi connectivity index (χ0) is 11.2. The molecule has 2 heteroatoms. The number of benzene rings is 1. The van der Waals surface area contributed by atoms with Gasteiger partial charge in [-0.25, -0.2) is 0 Å². The van der Waals surface area contributed by atoms with Gasteiger partial charge in [0.25, 0.3) is 0 Å². The number of rotatable bonds is 4. The lowest BCUT2D eigenvalue weighted by atomic mass is 9.96. The zero-order valence-electron chi connectivity index (χ0n) is 8.97. The van der Waals surface area contributed by atoms with Crippen molar-refractivity contribution in [2.75, 3.05) is 0 Å². The van der Waals surface area contributed by atoms with Gasteiger partial charge in [0, 0.05) is 0 Å². The maximum atomic E-state index is 9.13. The number of nitrogens with zero attached hydrogens (tertiary/aromatic N) is 1. The number of hydrogen-bond donors (Lipinski definition) is 0.